The van der Waals surface area contributed by atoms with Gasteiger partial charge in [-0.25, -0.2) is 27.9 Å². The third-order valence-electron chi connectivity index (χ3n) is 7.93. The Morgan fingerprint density at radius 2 is 1.86 bits per heavy atom. The van der Waals surface area contributed by atoms with Crippen LogP contribution in [0.15, 0.2) is 35.4 Å². The number of carbonyl (C=O) groups excluding carboxylic acids is 1. The van der Waals surface area contributed by atoms with Crippen molar-refractivity contribution in [3.63, 3.8) is 0 Å². The highest BCUT2D eigenvalue weighted by Gasteiger charge is 2.52. The average molecular weight is 584 g/mol. The first-order valence-electron chi connectivity index (χ1n) is 13.6. The number of piperidine rings is 1. The molecule has 4 heterocycles. The number of rotatable bonds is 5. The highest BCUT2D eigenvalue weighted by Crippen LogP contribution is 2.46. The Hall–Kier alpha value is -4.11. The van der Waals surface area contributed by atoms with Crippen molar-refractivity contribution in [2.75, 3.05) is 5.32 Å². The molecule has 3 aromatic rings. The van der Waals surface area contributed by atoms with Crippen molar-refractivity contribution in [3.05, 3.63) is 63.5 Å². The monoisotopic (exact) mass is 583 g/mol. The molecule has 0 aliphatic carbocycles. The molecule has 9 nitrogen and oxygen atoms in total. The van der Waals surface area contributed by atoms with Crippen molar-refractivity contribution < 1.29 is 27.8 Å². The summed E-state index contributed by atoms with van der Waals surface area (Å²) in [5, 5.41) is 15.2. The van der Waals surface area contributed by atoms with E-state index in [1.165, 1.54) is 36.1 Å². The Bertz CT molecular complexity index is 1630. The van der Waals surface area contributed by atoms with Gasteiger partial charge in [0.15, 0.2) is 0 Å². The number of aryl methyl sites for hydroxylation is 1. The van der Waals surface area contributed by atoms with Crippen LogP contribution in [0.1, 0.15) is 75.6 Å². The lowest BCUT2D eigenvalue weighted by atomic mass is 9.80. The molecule has 0 spiro atoms. The fourth-order valence-electron chi connectivity index (χ4n) is 6.08. The van der Waals surface area contributed by atoms with Gasteiger partial charge in [-0.05, 0) is 39.7 Å². The SMILES string of the molecule is C#C[C@@H](Nc1ncnc2c1cc(C1(O)CC3CCC(C1)N3C(=O)OC(C)(C)C)c(=O)n2C)c1cccc(C(F)F)c1F. The Kier molecular flexibility index (Phi) is 7.43. The number of amides is 1. The molecular weight excluding hydrogens is 551 g/mol. The first-order valence-corrected chi connectivity index (χ1v) is 13.6. The first kappa shape index (κ1) is 29.4. The summed E-state index contributed by atoms with van der Waals surface area (Å²) < 4.78 is 48.5. The summed E-state index contributed by atoms with van der Waals surface area (Å²) in [5.41, 5.74) is -3.34. The molecule has 3 atom stereocenters. The minimum absolute atomic E-state index is 0.0965. The summed E-state index contributed by atoms with van der Waals surface area (Å²) in [7, 11) is 1.50. The predicted molar refractivity (Wildman–Crippen MR) is 149 cm³/mol. The van der Waals surface area contributed by atoms with E-state index in [1.807, 2.05) is 0 Å². The summed E-state index contributed by atoms with van der Waals surface area (Å²) >= 11 is 0. The van der Waals surface area contributed by atoms with E-state index in [0.29, 0.717) is 18.2 Å². The predicted octanol–water partition coefficient (Wildman–Crippen LogP) is 4.94. The minimum atomic E-state index is -3.03. The van der Waals surface area contributed by atoms with Crippen LogP contribution in [0.3, 0.4) is 0 Å². The highest BCUT2D eigenvalue weighted by molar-refractivity contribution is 5.87. The van der Waals surface area contributed by atoms with Crippen molar-refractivity contribution in [2.45, 2.75) is 82.2 Å². The lowest BCUT2D eigenvalue weighted by Gasteiger charge is -2.43. The van der Waals surface area contributed by atoms with Gasteiger partial charge in [-0.1, -0.05) is 24.1 Å². The molecule has 2 saturated heterocycles. The summed E-state index contributed by atoms with van der Waals surface area (Å²) in [4.78, 5) is 36.6. The van der Waals surface area contributed by atoms with Crippen LogP contribution in [0.2, 0.25) is 0 Å². The molecule has 0 radical (unpaired) electrons. The molecule has 5 rings (SSSR count). The minimum Gasteiger partial charge on any atom is -0.444 e. The van der Waals surface area contributed by atoms with E-state index >= 15 is 0 Å². The van der Waals surface area contributed by atoms with Crippen LogP contribution in [-0.2, 0) is 17.4 Å². The van der Waals surface area contributed by atoms with Crippen molar-refractivity contribution in [1.29, 1.82) is 0 Å². The van der Waals surface area contributed by atoms with Crippen LogP contribution in [0.5, 0.6) is 0 Å². The smallest absolute Gasteiger partial charge is 0.410 e. The van der Waals surface area contributed by atoms with Crippen LogP contribution < -0.4 is 10.9 Å². The molecule has 2 aliphatic rings. The van der Waals surface area contributed by atoms with E-state index in [1.54, 1.807) is 25.7 Å². The molecular formula is C30H32F3N5O4. The van der Waals surface area contributed by atoms with E-state index in [-0.39, 0.29) is 47.5 Å². The van der Waals surface area contributed by atoms with Gasteiger partial charge in [0.05, 0.1) is 16.6 Å². The fourth-order valence-corrected chi connectivity index (χ4v) is 6.08. The number of aromatic nitrogens is 3. The fraction of sp³-hybridized carbons (Fsp3) is 0.467. The van der Waals surface area contributed by atoms with E-state index in [9.17, 15) is 27.9 Å². The molecule has 222 valence electrons. The number of carbonyl (C=O) groups is 1. The molecule has 2 aliphatic heterocycles. The van der Waals surface area contributed by atoms with Gasteiger partial charge in [0.2, 0.25) is 0 Å². The van der Waals surface area contributed by atoms with E-state index in [2.05, 4.69) is 21.2 Å². The van der Waals surface area contributed by atoms with Crippen molar-refractivity contribution in [1.82, 2.24) is 19.4 Å². The van der Waals surface area contributed by atoms with E-state index < -0.39 is 46.7 Å². The molecule has 2 fully saturated rings. The molecule has 1 aromatic carbocycles. The first-order chi connectivity index (χ1) is 19.7. The zero-order valence-electron chi connectivity index (χ0n) is 23.7. The number of fused-ring (bicyclic) bond motifs is 3. The number of nitrogens with one attached hydrogen (secondary N) is 1. The normalized spacial score (nSPS) is 22.7. The molecule has 12 heteroatoms. The number of anilines is 1. The van der Waals surface area contributed by atoms with Crippen molar-refractivity contribution in [2.24, 2.45) is 7.05 Å². The number of alkyl halides is 2. The third kappa shape index (κ3) is 5.17. The quantitative estimate of drug-likeness (QED) is 0.410. The number of terminal acetylenes is 1. The number of benzene rings is 1. The van der Waals surface area contributed by atoms with Gasteiger partial charge in [-0.2, -0.15) is 0 Å². The van der Waals surface area contributed by atoms with Gasteiger partial charge < -0.3 is 20.1 Å². The number of nitrogens with zero attached hydrogens (tertiary/aromatic N) is 4. The molecule has 2 unspecified atom stereocenters. The van der Waals surface area contributed by atoms with E-state index in [4.69, 9.17) is 11.2 Å². The Balaban J connectivity index is 1.53. The van der Waals surface area contributed by atoms with Crippen LogP contribution >= 0.6 is 0 Å². The topological polar surface area (TPSA) is 110 Å². The average Bonchev–Trinajstić information content (AvgIpc) is 3.20. The van der Waals surface area contributed by atoms with Gasteiger partial charge >= 0.3 is 6.09 Å². The van der Waals surface area contributed by atoms with Crippen molar-refractivity contribution >= 4 is 22.9 Å². The number of ether oxygens (including phenoxy) is 1. The highest BCUT2D eigenvalue weighted by atomic mass is 19.3. The van der Waals surface area contributed by atoms with Crippen LogP contribution in [-0.4, -0.2) is 48.3 Å². The van der Waals surface area contributed by atoms with Gasteiger partial charge in [-0.15, -0.1) is 6.42 Å². The number of hydrogen-bond donors (Lipinski definition) is 2. The molecule has 2 aromatic heterocycles. The number of hydrogen-bond acceptors (Lipinski definition) is 7. The lowest BCUT2D eigenvalue weighted by molar-refractivity contribution is -0.0632. The molecule has 0 saturated carbocycles. The maximum Gasteiger partial charge on any atom is 0.410 e. The van der Waals surface area contributed by atoms with Gasteiger partial charge in [0.1, 0.15) is 35.3 Å². The van der Waals surface area contributed by atoms with Crippen molar-refractivity contribution in [3.8, 4) is 12.3 Å². The largest absolute Gasteiger partial charge is 0.444 e. The summed E-state index contributed by atoms with van der Waals surface area (Å²) in [6.07, 6.45) is 4.95. The lowest BCUT2D eigenvalue weighted by Crippen LogP contribution is -2.54. The second kappa shape index (κ2) is 10.6. The summed E-state index contributed by atoms with van der Waals surface area (Å²) in [5.74, 6) is 1.37. The van der Waals surface area contributed by atoms with Crippen LogP contribution in [0, 0.1) is 18.2 Å². The number of pyridine rings is 1. The number of halogens is 3. The van der Waals surface area contributed by atoms with Gasteiger partial charge in [0, 0.05) is 43.1 Å². The molecule has 42 heavy (non-hydrogen) atoms. The standard InChI is InChI=1S/C30H32F3N5O4/c1-6-22(18-8-7-9-19(23(18)31)24(32)33)36-25-20-12-21(27(39)37(5)26(20)35-15-34-25)30(41)13-16-10-11-17(14-30)38(16)28(40)42-29(2,3)4/h1,7-9,12,15-17,22,24,41H,10-11,13-14H2,2-5H3,(H,34,35,36)/t16?,17?,22-,30?/m1/s1. The molecule has 1 amide bonds. The van der Waals surface area contributed by atoms with Crippen LogP contribution in [0.25, 0.3) is 11.0 Å². The Morgan fingerprint density at radius 1 is 1.21 bits per heavy atom. The number of aliphatic hydroxyl groups is 1. The molecule has 2 bridgehead atoms. The second-order valence-electron chi connectivity index (χ2n) is 11.9. The summed E-state index contributed by atoms with van der Waals surface area (Å²) in [6.45, 7) is 5.36. The van der Waals surface area contributed by atoms with E-state index in [0.717, 1.165) is 6.07 Å². The Labute approximate surface area is 240 Å². The van der Waals surface area contributed by atoms with Gasteiger partial charge in [-0.3, -0.25) is 9.36 Å². The zero-order chi connectivity index (χ0) is 30.6. The Morgan fingerprint density at radius 3 is 2.45 bits per heavy atom. The third-order valence-corrected chi connectivity index (χ3v) is 7.93. The zero-order valence-corrected chi connectivity index (χ0v) is 23.7. The maximum absolute atomic E-state index is 14.9. The van der Waals surface area contributed by atoms with Gasteiger partial charge in [0.25, 0.3) is 12.0 Å². The maximum atomic E-state index is 14.9. The molecule has 2 N–H and O–H groups in total. The van der Waals surface area contributed by atoms with Crippen LogP contribution in [0.4, 0.5) is 23.8 Å². The second-order valence-corrected chi connectivity index (χ2v) is 11.9. The summed E-state index contributed by atoms with van der Waals surface area (Å²) in [6, 6.07) is 3.23.